The van der Waals surface area contributed by atoms with Crippen LogP contribution < -0.4 is 20.1 Å². The van der Waals surface area contributed by atoms with Gasteiger partial charge in [-0.1, -0.05) is 25.8 Å². The molecule has 2 aliphatic rings. The highest BCUT2D eigenvalue weighted by Gasteiger charge is 2.24. The first kappa shape index (κ1) is 23.3. The lowest BCUT2D eigenvalue weighted by atomic mass is 9.86. The van der Waals surface area contributed by atoms with Crippen LogP contribution in [0.3, 0.4) is 0 Å². The molecule has 1 aromatic rings. The van der Waals surface area contributed by atoms with Crippen molar-refractivity contribution in [1.82, 2.24) is 20.4 Å². The van der Waals surface area contributed by atoms with Crippen LogP contribution in [0.2, 0.25) is 0 Å². The summed E-state index contributed by atoms with van der Waals surface area (Å²) in [5.74, 6) is 1.68. The highest BCUT2D eigenvalue weighted by atomic mass is 16.5. The van der Waals surface area contributed by atoms with E-state index in [0.29, 0.717) is 5.92 Å². The van der Waals surface area contributed by atoms with Gasteiger partial charge in [0.2, 0.25) is 5.91 Å². The average molecular weight is 433 g/mol. The molecular weight excluding hydrogens is 396 g/mol. The van der Waals surface area contributed by atoms with E-state index >= 15 is 0 Å². The second-order valence-electron chi connectivity index (χ2n) is 8.63. The van der Waals surface area contributed by atoms with Crippen molar-refractivity contribution < 1.29 is 19.1 Å². The molecule has 3 rings (SSSR count). The number of carbonyl (C=O) groups excluding carboxylic acids is 2. The lowest BCUT2D eigenvalue weighted by molar-refractivity contribution is -0.121. The molecular formula is C23H36N4O4. The number of ether oxygens (including phenoxy) is 2. The molecule has 172 valence electrons. The Labute approximate surface area is 185 Å². The predicted molar refractivity (Wildman–Crippen MR) is 119 cm³/mol. The summed E-state index contributed by atoms with van der Waals surface area (Å²) in [4.78, 5) is 28.9. The van der Waals surface area contributed by atoms with E-state index in [1.54, 1.807) is 14.2 Å². The summed E-state index contributed by atoms with van der Waals surface area (Å²) >= 11 is 0. The number of piperazine rings is 1. The van der Waals surface area contributed by atoms with Gasteiger partial charge in [-0.3, -0.25) is 19.9 Å². The molecule has 1 aromatic carbocycles. The number of benzene rings is 1. The van der Waals surface area contributed by atoms with Crippen LogP contribution in [0.5, 0.6) is 11.5 Å². The van der Waals surface area contributed by atoms with E-state index in [0.717, 1.165) is 69.0 Å². The summed E-state index contributed by atoms with van der Waals surface area (Å²) in [6.07, 6.45) is 4.48. The molecule has 31 heavy (non-hydrogen) atoms. The summed E-state index contributed by atoms with van der Waals surface area (Å²) in [6.45, 7) is 6.55. The average Bonchev–Trinajstić information content (AvgIpc) is 2.76. The van der Waals surface area contributed by atoms with Crippen LogP contribution in [0.25, 0.3) is 0 Å². The molecule has 2 fully saturated rings. The van der Waals surface area contributed by atoms with Gasteiger partial charge in [-0.2, -0.15) is 0 Å². The molecule has 1 saturated heterocycles. The zero-order valence-corrected chi connectivity index (χ0v) is 19.0. The fourth-order valence-electron chi connectivity index (χ4n) is 4.45. The molecule has 8 nitrogen and oxygen atoms in total. The van der Waals surface area contributed by atoms with Crippen molar-refractivity contribution in [2.75, 3.05) is 46.9 Å². The highest BCUT2D eigenvalue weighted by Crippen LogP contribution is 2.28. The lowest BCUT2D eigenvalue weighted by Gasteiger charge is -2.34. The van der Waals surface area contributed by atoms with Crippen LogP contribution in [-0.2, 0) is 11.3 Å². The van der Waals surface area contributed by atoms with Gasteiger partial charge < -0.3 is 14.8 Å². The maximum absolute atomic E-state index is 12.3. The third-order valence-corrected chi connectivity index (χ3v) is 6.37. The molecule has 1 heterocycles. The number of hydrogen-bond acceptors (Lipinski definition) is 6. The second kappa shape index (κ2) is 11.3. The monoisotopic (exact) mass is 432 g/mol. The van der Waals surface area contributed by atoms with Crippen molar-refractivity contribution in [3.63, 3.8) is 0 Å². The normalized spacial score (nSPS) is 22.5. The molecule has 0 radical (unpaired) electrons. The Morgan fingerprint density at radius 1 is 1.00 bits per heavy atom. The number of nitrogens with zero attached hydrogens (tertiary/aromatic N) is 2. The molecule has 0 spiro atoms. The summed E-state index contributed by atoms with van der Waals surface area (Å²) < 4.78 is 10.7. The highest BCUT2D eigenvalue weighted by molar-refractivity contribution is 5.95. The summed E-state index contributed by atoms with van der Waals surface area (Å²) in [6, 6.07) is 5.78. The lowest BCUT2D eigenvalue weighted by Crippen LogP contribution is -2.52. The zero-order chi connectivity index (χ0) is 22.2. The molecule has 0 aromatic heterocycles. The predicted octanol–water partition coefficient (Wildman–Crippen LogP) is 2.23. The van der Waals surface area contributed by atoms with Gasteiger partial charge in [-0.15, -0.1) is 0 Å². The van der Waals surface area contributed by atoms with Crippen LogP contribution in [-0.4, -0.2) is 74.7 Å². The zero-order valence-electron chi connectivity index (χ0n) is 19.0. The van der Waals surface area contributed by atoms with Crippen LogP contribution in [0.1, 0.15) is 38.2 Å². The van der Waals surface area contributed by atoms with E-state index in [1.807, 2.05) is 18.2 Å². The van der Waals surface area contributed by atoms with Gasteiger partial charge in [0.1, 0.15) is 0 Å². The van der Waals surface area contributed by atoms with E-state index in [9.17, 15) is 9.59 Å². The largest absolute Gasteiger partial charge is 0.493 e. The van der Waals surface area contributed by atoms with Crippen molar-refractivity contribution >= 4 is 11.9 Å². The van der Waals surface area contributed by atoms with Crippen LogP contribution in [0, 0.1) is 5.92 Å². The molecule has 1 saturated carbocycles. The van der Waals surface area contributed by atoms with E-state index in [4.69, 9.17) is 9.47 Å². The first-order valence-corrected chi connectivity index (χ1v) is 11.2. The second-order valence-corrected chi connectivity index (χ2v) is 8.63. The van der Waals surface area contributed by atoms with E-state index in [-0.39, 0.29) is 24.5 Å². The van der Waals surface area contributed by atoms with E-state index in [2.05, 4.69) is 27.4 Å². The van der Waals surface area contributed by atoms with Gasteiger partial charge in [-0.25, -0.2) is 4.79 Å². The van der Waals surface area contributed by atoms with E-state index in [1.165, 1.54) is 6.42 Å². The van der Waals surface area contributed by atoms with Crippen molar-refractivity contribution in [3.05, 3.63) is 23.8 Å². The van der Waals surface area contributed by atoms with Gasteiger partial charge in [0.15, 0.2) is 11.5 Å². The molecule has 8 heteroatoms. The SMILES string of the molecule is COc1ccc(CN2CCN(CC(=O)NC(=O)NC3CCCCC3C)CC2)cc1OC. The van der Waals surface area contributed by atoms with Gasteiger partial charge in [-0.05, 0) is 36.5 Å². The van der Waals surface area contributed by atoms with Crippen molar-refractivity contribution in [2.24, 2.45) is 5.92 Å². The third kappa shape index (κ3) is 6.83. The summed E-state index contributed by atoms with van der Waals surface area (Å²) in [7, 11) is 3.27. The maximum Gasteiger partial charge on any atom is 0.321 e. The number of carbonyl (C=O) groups is 2. The fraction of sp³-hybridized carbons (Fsp3) is 0.652. The number of urea groups is 1. The summed E-state index contributed by atoms with van der Waals surface area (Å²) in [5.41, 5.74) is 1.16. The van der Waals surface area contributed by atoms with Gasteiger partial charge in [0, 0.05) is 38.8 Å². The Bertz CT molecular complexity index is 749. The maximum atomic E-state index is 12.3. The Morgan fingerprint density at radius 3 is 2.35 bits per heavy atom. The van der Waals surface area contributed by atoms with Gasteiger partial charge in [0.25, 0.3) is 0 Å². The number of hydrogen-bond donors (Lipinski definition) is 2. The number of rotatable bonds is 7. The Hall–Kier alpha value is -2.32. The standard InChI is InChI=1S/C23H36N4O4/c1-17-6-4-5-7-19(17)24-23(29)25-22(28)16-27-12-10-26(11-13-27)15-18-8-9-20(30-2)21(14-18)31-3/h8-9,14,17,19H,4-7,10-13,15-16H2,1-3H3,(H2,24,25,28,29). The van der Waals surface area contributed by atoms with Crippen molar-refractivity contribution in [3.8, 4) is 11.5 Å². The van der Waals surface area contributed by atoms with Crippen molar-refractivity contribution in [1.29, 1.82) is 0 Å². The summed E-state index contributed by atoms with van der Waals surface area (Å²) in [5, 5.41) is 5.47. The minimum atomic E-state index is -0.365. The fourth-order valence-corrected chi connectivity index (χ4v) is 4.45. The number of methoxy groups -OCH3 is 2. The Kier molecular flexibility index (Phi) is 8.54. The van der Waals surface area contributed by atoms with Gasteiger partial charge in [0.05, 0.1) is 20.8 Å². The molecule has 1 aliphatic carbocycles. The van der Waals surface area contributed by atoms with E-state index < -0.39 is 0 Å². The first-order chi connectivity index (χ1) is 15.0. The molecule has 2 unspecified atom stereocenters. The van der Waals surface area contributed by atoms with Gasteiger partial charge >= 0.3 is 6.03 Å². The number of imide groups is 1. The minimum absolute atomic E-state index is 0.168. The Morgan fingerprint density at radius 2 is 1.68 bits per heavy atom. The van der Waals surface area contributed by atoms with Crippen LogP contribution in [0.4, 0.5) is 4.79 Å². The topological polar surface area (TPSA) is 83.1 Å². The smallest absolute Gasteiger partial charge is 0.321 e. The number of nitrogens with one attached hydrogen (secondary N) is 2. The van der Waals surface area contributed by atoms with Crippen LogP contribution >= 0.6 is 0 Å². The third-order valence-electron chi connectivity index (χ3n) is 6.37. The number of amides is 3. The molecule has 3 amide bonds. The minimum Gasteiger partial charge on any atom is -0.493 e. The molecule has 0 bridgehead atoms. The molecule has 2 N–H and O–H groups in total. The quantitative estimate of drug-likeness (QED) is 0.688. The Balaban J connectivity index is 1.38. The van der Waals surface area contributed by atoms with Crippen LogP contribution in [0.15, 0.2) is 18.2 Å². The molecule has 1 aliphatic heterocycles. The first-order valence-electron chi connectivity index (χ1n) is 11.2. The molecule has 2 atom stereocenters. The van der Waals surface area contributed by atoms with Crippen molar-refractivity contribution in [2.45, 2.75) is 45.2 Å².